The molecule has 0 bridgehead atoms. The molecule has 0 spiro atoms. The van der Waals surface area contributed by atoms with E-state index in [-0.39, 0.29) is 15.9 Å². The summed E-state index contributed by atoms with van der Waals surface area (Å²) in [6.45, 7) is 7.21. The van der Waals surface area contributed by atoms with Crippen molar-refractivity contribution in [2.75, 3.05) is 0 Å². The molecule has 0 saturated heterocycles. The number of aliphatic hydroxyl groups is 1. The van der Waals surface area contributed by atoms with Gasteiger partial charge >= 0.3 is 0 Å². The van der Waals surface area contributed by atoms with E-state index in [0.29, 0.717) is 0 Å². The highest BCUT2D eigenvalue weighted by atomic mass is 35.7. The fourth-order valence-electron chi connectivity index (χ4n) is 2.98. The van der Waals surface area contributed by atoms with Gasteiger partial charge in [0.25, 0.3) is 19.2 Å². The highest BCUT2D eigenvalue weighted by molar-refractivity contribution is 8.13. The molecule has 0 amide bonds. The molecule has 4 aromatic rings. The van der Waals surface area contributed by atoms with Crippen LogP contribution in [-0.2, 0) is 23.4 Å². The second kappa shape index (κ2) is 14.9. The summed E-state index contributed by atoms with van der Waals surface area (Å²) < 4.78 is 50.8. The number of rotatable bonds is 6. The maximum absolute atomic E-state index is 12.1. The summed E-state index contributed by atoms with van der Waals surface area (Å²) in [7, 11) is -2.21. The maximum Gasteiger partial charge on any atom is 0.297 e. The SMILES string of the molecule is CC(O)c1ccncc1.Cc1ccc(S(=O)(=O)Cl)cc1.Cc1ccc(S(=O)(=O)OC(C)c2ccncc2)cc1. The Hall–Kier alpha value is -3.15. The Labute approximate surface area is 234 Å². The third kappa shape index (κ3) is 11.2. The molecule has 2 unspecified atom stereocenters. The number of hydrogen-bond donors (Lipinski definition) is 1. The van der Waals surface area contributed by atoms with E-state index in [0.717, 1.165) is 22.3 Å². The Kier molecular flexibility index (Phi) is 12.2. The lowest BCUT2D eigenvalue weighted by atomic mass is 10.2. The van der Waals surface area contributed by atoms with Gasteiger partial charge in [0.15, 0.2) is 0 Å². The average Bonchev–Trinajstić information content (AvgIpc) is 2.90. The average molecular weight is 591 g/mol. The molecule has 0 aliphatic rings. The van der Waals surface area contributed by atoms with Crippen LogP contribution in [0.15, 0.2) is 107 Å². The van der Waals surface area contributed by atoms with Crippen LogP contribution in [0.4, 0.5) is 0 Å². The fraction of sp³-hybridized carbons (Fsp3) is 0.214. The number of hydrogen-bond acceptors (Lipinski definition) is 8. The molecule has 0 fully saturated rings. The first kappa shape index (κ1) is 32.1. The molecule has 2 heterocycles. The van der Waals surface area contributed by atoms with Crippen LogP contribution in [0.5, 0.6) is 0 Å². The van der Waals surface area contributed by atoms with Gasteiger partial charge in [-0.15, -0.1) is 0 Å². The van der Waals surface area contributed by atoms with E-state index in [2.05, 4.69) is 9.97 Å². The monoisotopic (exact) mass is 590 g/mol. The molecule has 39 heavy (non-hydrogen) atoms. The lowest BCUT2D eigenvalue weighted by molar-refractivity contribution is 0.199. The molecule has 8 nitrogen and oxygen atoms in total. The summed E-state index contributed by atoms with van der Waals surface area (Å²) in [5.74, 6) is 0. The van der Waals surface area contributed by atoms with Crippen molar-refractivity contribution < 1.29 is 26.1 Å². The molecule has 1 N–H and O–H groups in total. The first-order valence-electron chi connectivity index (χ1n) is 11.8. The van der Waals surface area contributed by atoms with Crippen LogP contribution in [-0.4, -0.2) is 31.9 Å². The van der Waals surface area contributed by atoms with E-state index < -0.39 is 25.3 Å². The topological polar surface area (TPSA) is 124 Å². The van der Waals surface area contributed by atoms with Gasteiger partial charge in [0.1, 0.15) is 0 Å². The van der Waals surface area contributed by atoms with Crippen LogP contribution >= 0.6 is 10.7 Å². The molecule has 0 saturated carbocycles. The van der Waals surface area contributed by atoms with Gasteiger partial charge in [0, 0.05) is 35.5 Å². The van der Waals surface area contributed by atoms with Crippen LogP contribution in [0.25, 0.3) is 0 Å². The molecule has 0 radical (unpaired) electrons. The summed E-state index contributed by atoms with van der Waals surface area (Å²) in [5.41, 5.74) is 3.69. The Balaban J connectivity index is 0.000000226. The van der Waals surface area contributed by atoms with Crippen molar-refractivity contribution in [1.82, 2.24) is 9.97 Å². The van der Waals surface area contributed by atoms with Gasteiger partial charge in [0.05, 0.1) is 22.0 Å². The predicted octanol–water partition coefficient (Wildman–Crippen LogP) is 5.91. The van der Waals surface area contributed by atoms with Gasteiger partial charge in [-0.3, -0.25) is 14.2 Å². The van der Waals surface area contributed by atoms with Crippen molar-refractivity contribution in [3.05, 3.63) is 120 Å². The van der Waals surface area contributed by atoms with Gasteiger partial charge in [-0.2, -0.15) is 8.42 Å². The van der Waals surface area contributed by atoms with Crippen LogP contribution in [0, 0.1) is 13.8 Å². The maximum atomic E-state index is 12.1. The largest absolute Gasteiger partial charge is 0.389 e. The molecule has 11 heteroatoms. The number of pyridine rings is 2. The van der Waals surface area contributed by atoms with E-state index in [9.17, 15) is 16.8 Å². The van der Waals surface area contributed by atoms with Crippen molar-refractivity contribution in [2.45, 2.75) is 49.7 Å². The predicted molar refractivity (Wildman–Crippen MR) is 151 cm³/mol. The Morgan fingerprint density at radius 2 is 1.05 bits per heavy atom. The normalized spacial score (nSPS) is 12.7. The van der Waals surface area contributed by atoms with Crippen molar-refractivity contribution in [1.29, 1.82) is 0 Å². The summed E-state index contributed by atoms with van der Waals surface area (Å²) in [6.07, 6.45) is 5.62. The number of benzene rings is 2. The number of aromatic nitrogens is 2. The Bertz CT molecular complexity index is 1500. The molecule has 2 atom stereocenters. The quantitative estimate of drug-likeness (QED) is 0.217. The van der Waals surface area contributed by atoms with Crippen LogP contribution in [0.3, 0.4) is 0 Å². The van der Waals surface area contributed by atoms with Crippen molar-refractivity contribution in [3.63, 3.8) is 0 Å². The third-order valence-electron chi connectivity index (χ3n) is 5.25. The van der Waals surface area contributed by atoms with Crippen molar-refractivity contribution in [2.24, 2.45) is 0 Å². The van der Waals surface area contributed by atoms with E-state index >= 15 is 0 Å². The van der Waals surface area contributed by atoms with Gasteiger partial charge in [0.2, 0.25) is 0 Å². The molecular formula is C28H31ClN2O6S2. The van der Waals surface area contributed by atoms with Crippen LogP contribution in [0.2, 0.25) is 0 Å². The summed E-state index contributed by atoms with van der Waals surface area (Å²) in [6, 6.07) is 20.0. The highest BCUT2D eigenvalue weighted by Gasteiger charge is 2.19. The fourth-order valence-corrected chi connectivity index (χ4v) is 4.82. The number of halogens is 1. The first-order chi connectivity index (χ1) is 18.3. The zero-order valence-electron chi connectivity index (χ0n) is 22.0. The van der Waals surface area contributed by atoms with Crippen molar-refractivity contribution in [3.8, 4) is 0 Å². The van der Waals surface area contributed by atoms with E-state index in [1.165, 1.54) is 12.1 Å². The molecule has 2 aromatic heterocycles. The van der Waals surface area contributed by atoms with Gasteiger partial charge in [-0.25, -0.2) is 8.42 Å². The van der Waals surface area contributed by atoms with E-state index in [1.807, 2.05) is 13.8 Å². The minimum absolute atomic E-state index is 0.143. The smallest absolute Gasteiger partial charge is 0.297 e. The van der Waals surface area contributed by atoms with Crippen molar-refractivity contribution >= 4 is 29.9 Å². The minimum Gasteiger partial charge on any atom is -0.389 e. The number of nitrogens with zero attached hydrogens (tertiary/aromatic N) is 2. The van der Waals surface area contributed by atoms with Gasteiger partial charge in [-0.05, 0) is 87.4 Å². The van der Waals surface area contributed by atoms with Gasteiger partial charge < -0.3 is 5.11 Å². The lowest BCUT2D eigenvalue weighted by Crippen LogP contribution is -2.10. The molecular weight excluding hydrogens is 560 g/mol. The Morgan fingerprint density at radius 1 is 0.667 bits per heavy atom. The molecule has 4 rings (SSSR count). The summed E-state index contributed by atoms with van der Waals surface area (Å²) >= 11 is 0. The number of aryl methyl sites for hydroxylation is 2. The standard InChI is InChI=1S/C14H15NO3S.C7H7ClO2S.C7H9NO/c1-11-3-5-14(6-4-11)19(16,17)18-12(2)13-7-9-15-10-8-13;1-6-2-4-7(5-3-6)11(8,9)10;1-6(9)7-2-4-8-5-3-7/h3-10,12H,1-2H3;2-5H,1H3;2-6,9H,1H3. The number of aliphatic hydroxyl groups excluding tert-OH is 1. The second-order valence-electron chi connectivity index (χ2n) is 8.49. The highest BCUT2D eigenvalue weighted by Crippen LogP contribution is 2.23. The first-order valence-corrected chi connectivity index (χ1v) is 15.5. The van der Waals surface area contributed by atoms with Crippen LogP contribution in [0.1, 0.15) is 48.3 Å². The zero-order valence-corrected chi connectivity index (χ0v) is 24.4. The Morgan fingerprint density at radius 3 is 1.41 bits per heavy atom. The molecule has 0 aliphatic heterocycles. The molecule has 2 aromatic carbocycles. The molecule has 208 valence electrons. The summed E-state index contributed by atoms with van der Waals surface area (Å²) in [4.78, 5) is 8.01. The van der Waals surface area contributed by atoms with E-state index in [4.69, 9.17) is 20.0 Å². The third-order valence-corrected chi connectivity index (χ3v) is 8.01. The lowest BCUT2D eigenvalue weighted by Gasteiger charge is -2.13. The van der Waals surface area contributed by atoms with E-state index in [1.54, 1.807) is 99.3 Å². The second-order valence-corrected chi connectivity index (χ2v) is 12.6. The van der Waals surface area contributed by atoms with Gasteiger partial charge in [-0.1, -0.05) is 35.4 Å². The molecule has 0 aliphatic carbocycles. The zero-order chi connectivity index (χ0) is 29.1. The summed E-state index contributed by atoms with van der Waals surface area (Å²) in [5, 5.41) is 9.00. The minimum atomic E-state index is -3.74. The van der Waals surface area contributed by atoms with Crippen LogP contribution < -0.4 is 0 Å².